The molecule has 0 saturated carbocycles. The average Bonchev–Trinajstić information content (AvgIpc) is 3.23. The molecule has 1 aliphatic rings. The number of benzene rings is 1. The summed E-state index contributed by atoms with van der Waals surface area (Å²) in [6.45, 7) is 2.47. The summed E-state index contributed by atoms with van der Waals surface area (Å²) in [5.41, 5.74) is 0.239. The molecule has 6 nitrogen and oxygen atoms in total. The van der Waals surface area contributed by atoms with Gasteiger partial charge in [0.25, 0.3) is 5.56 Å². The summed E-state index contributed by atoms with van der Waals surface area (Å²) in [7, 11) is 0. The molecule has 1 aromatic carbocycles. The van der Waals surface area contributed by atoms with E-state index in [0.717, 1.165) is 32.0 Å². The molecular formula is C20H21F2N5O. The Hall–Kier alpha value is -2.87. The molecule has 0 radical (unpaired) electrons. The fourth-order valence-corrected chi connectivity index (χ4v) is 3.57. The zero-order chi connectivity index (χ0) is 19.5. The van der Waals surface area contributed by atoms with Gasteiger partial charge in [-0.3, -0.25) is 9.69 Å². The van der Waals surface area contributed by atoms with Crippen molar-refractivity contribution in [3.63, 3.8) is 0 Å². The van der Waals surface area contributed by atoms with E-state index in [1.54, 1.807) is 29.2 Å². The molecule has 1 aliphatic heterocycles. The summed E-state index contributed by atoms with van der Waals surface area (Å²) in [5, 5.41) is 8.56. The number of rotatable bonds is 5. The predicted molar refractivity (Wildman–Crippen MR) is 100.0 cm³/mol. The summed E-state index contributed by atoms with van der Waals surface area (Å²) in [6.07, 6.45) is 5.18. The van der Waals surface area contributed by atoms with Gasteiger partial charge < -0.3 is 0 Å². The maximum absolute atomic E-state index is 13.8. The summed E-state index contributed by atoms with van der Waals surface area (Å²) >= 11 is 0. The molecule has 28 heavy (non-hydrogen) atoms. The van der Waals surface area contributed by atoms with Crippen molar-refractivity contribution >= 4 is 0 Å². The van der Waals surface area contributed by atoms with Crippen LogP contribution in [0.3, 0.4) is 0 Å². The van der Waals surface area contributed by atoms with E-state index in [2.05, 4.69) is 15.1 Å². The van der Waals surface area contributed by atoms with Crippen LogP contribution in [0.4, 0.5) is 8.78 Å². The van der Waals surface area contributed by atoms with E-state index in [1.165, 1.54) is 22.9 Å². The van der Waals surface area contributed by atoms with Crippen LogP contribution in [0.25, 0.3) is 5.82 Å². The highest BCUT2D eigenvalue weighted by Crippen LogP contribution is 2.21. The second kappa shape index (κ2) is 8.02. The number of halogens is 2. The number of nitrogens with zero attached hydrogens (tertiary/aromatic N) is 5. The van der Waals surface area contributed by atoms with E-state index in [4.69, 9.17) is 0 Å². The van der Waals surface area contributed by atoms with Gasteiger partial charge in [0, 0.05) is 37.1 Å². The molecule has 0 atom stereocenters. The Bertz CT molecular complexity index is 994. The highest BCUT2D eigenvalue weighted by molar-refractivity contribution is 5.19. The maximum atomic E-state index is 13.8. The molecule has 2 aromatic heterocycles. The first kappa shape index (κ1) is 18.5. The lowest BCUT2D eigenvalue weighted by molar-refractivity contribution is 0.162. The second-order valence-corrected chi connectivity index (χ2v) is 7.12. The summed E-state index contributed by atoms with van der Waals surface area (Å²) in [5.74, 6) is 0.110. The largest absolute Gasteiger partial charge is 0.299 e. The minimum atomic E-state index is -0.422. The molecule has 1 fully saturated rings. The first-order valence-electron chi connectivity index (χ1n) is 9.33. The van der Waals surface area contributed by atoms with E-state index < -0.39 is 5.82 Å². The molecule has 0 N–H and O–H groups in total. The predicted octanol–water partition coefficient (Wildman–Crippen LogP) is 2.62. The van der Waals surface area contributed by atoms with Gasteiger partial charge in [-0.2, -0.15) is 5.10 Å². The van der Waals surface area contributed by atoms with Crippen molar-refractivity contribution in [2.75, 3.05) is 13.1 Å². The van der Waals surface area contributed by atoms with Gasteiger partial charge in [-0.25, -0.2) is 18.1 Å². The number of aromatic nitrogens is 4. The Balaban J connectivity index is 1.38. The lowest BCUT2D eigenvalue weighted by atomic mass is 9.96. The Morgan fingerprint density at radius 2 is 1.93 bits per heavy atom. The van der Waals surface area contributed by atoms with Gasteiger partial charge in [0.2, 0.25) is 0 Å². The van der Waals surface area contributed by atoms with Crippen molar-refractivity contribution in [2.24, 2.45) is 5.92 Å². The van der Waals surface area contributed by atoms with Crippen molar-refractivity contribution in [2.45, 2.75) is 25.9 Å². The van der Waals surface area contributed by atoms with Crippen molar-refractivity contribution in [3.05, 3.63) is 76.3 Å². The molecule has 3 aromatic rings. The summed E-state index contributed by atoms with van der Waals surface area (Å²) in [6, 6.07) is 8.52. The fourth-order valence-electron chi connectivity index (χ4n) is 3.57. The number of piperidine rings is 1. The Labute approximate surface area is 161 Å². The monoisotopic (exact) mass is 385 g/mol. The normalized spacial score (nSPS) is 15.8. The van der Waals surface area contributed by atoms with Gasteiger partial charge in [0.05, 0.1) is 0 Å². The van der Waals surface area contributed by atoms with E-state index in [-0.39, 0.29) is 11.4 Å². The molecule has 4 rings (SSSR count). The Morgan fingerprint density at radius 1 is 1.11 bits per heavy atom. The molecule has 0 unspecified atom stereocenters. The highest BCUT2D eigenvalue weighted by atomic mass is 19.1. The van der Waals surface area contributed by atoms with Gasteiger partial charge in [-0.05, 0) is 62.2 Å². The van der Waals surface area contributed by atoms with E-state index in [9.17, 15) is 13.6 Å². The molecular weight excluding hydrogens is 364 g/mol. The molecule has 0 aliphatic carbocycles. The SMILES string of the molecule is O=c1ccc(-n2cccn2)nn1CC1CCN(Cc2cc(F)ccc2F)CC1. The maximum Gasteiger partial charge on any atom is 0.266 e. The van der Waals surface area contributed by atoms with Crippen molar-refractivity contribution in [1.82, 2.24) is 24.5 Å². The second-order valence-electron chi connectivity index (χ2n) is 7.12. The van der Waals surface area contributed by atoms with Crippen LogP contribution in [-0.4, -0.2) is 37.6 Å². The molecule has 0 amide bonds. The molecule has 1 saturated heterocycles. The van der Waals surface area contributed by atoms with Gasteiger partial charge in [0.15, 0.2) is 5.82 Å². The first-order chi connectivity index (χ1) is 13.6. The van der Waals surface area contributed by atoms with Gasteiger partial charge in [0.1, 0.15) is 11.6 Å². The minimum Gasteiger partial charge on any atom is -0.299 e. The van der Waals surface area contributed by atoms with Crippen molar-refractivity contribution in [1.29, 1.82) is 0 Å². The number of hydrogen-bond acceptors (Lipinski definition) is 4. The van der Waals surface area contributed by atoms with Crippen LogP contribution in [-0.2, 0) is 13.1 Å². The lowest BCUT2D eigenvalue weighted by Crippen LogP contribution is -2.36. The Morgan fingerprint density at radius 3 is 2.68 bits per heavy atom. The molecule has 0 bridgehead atoms. The van der Waals surface area contributed by atoms with Gasteiger partial charge in [-0.15, -0.1) is 5.10 Å². The number of hydrogen-bond donors (Lipinski definition) is 0. The van der Waals surface area contributed by atoms with Crippen LogP contribution >= 0.6 is 0 Å². The highest BCUT2D eigenvalue weighted by Gasteiger charge is 2.21. The van der Waals surface area contributed by atoms with E-state index >= 15 is 0 Å². The third-order valence-electron chi connectivity index (χ3n) is 5.13. The van der Waals surface area contributed by atoms with E-state index in [0.29, 0.717) is 30.4 Å². The lowest BCUT2D eigenvalue weighted by Gasteiger charge is -2.32. The fraction of sp³-hybridized carbons (Fsp3) is 0.350. The molecule has 146 valence electrons. The van der Waals surface area contributed by atoms with Crippen LogP contribution in [0.15, 0.2) is 53.6 Å². The van der Waals surface area contributed by atoms with Crippen LogP contribution in [0.1, 0.15) is 18.4 Å². The minimum absolute atomic E-state index is 0.139. The van der Waals surface area contributed by atoms with Crippen LogP contribution in [0.2, 0.25) is 0 Å². The smallest absolute Gasteiger partial charge is 0.266 e. The summed E-state index contributed by atoms with van der Waals surface area (Å²) in [4.78, 5) is 14.3. The van der Waals surface area contributed by atoms with Crippen LogP contribution < -0.4 is 5.56 Å². The zero-order valence-corrected chi connectivity index (χ0v) is 15.3. The molecule has 8 heteroatoms. The standard InChI is InChI=1S/C20H21F2N5O/c21-17-2-3-18(22)16(12-17)14-25-10-6-15(7-11-25)13-27-20(28)5-4-19(24-27)26-9-1-8-23-26/h1-5,8-9,12,15H,6-7,10-11,13-14H2. The topological polar surface area (TPSA) is 56.0 Å². The molecule has 0 spiro atoms. The quantitative estimate of drug-likeness (QED) is 0.678. The summed E-state index contributed by atoms with van der Waals surface area (Å²) < 4.78 is 30.3. The van der Waals surface area contributed by atoms with Crippen molar-refractivity contribution < 1.29 is 8.78 Å². The average molecular weight is 385 g/mol. The van der Waals surface area contributed by atoms with Crippen LogP contribution in [0, 0.1) is 17.6 Å². The van der Waals surface area contributed by atoms with E-state index in [1.807, 2.05) is 0 Å². The third-order valence-corrected chi connectivity index (χ3v) is 5.13. The Kier molecular flexibility index (Phi) is 5.29. The zero-order valence-electron chi connectivity index (χ0n) is 15.3. The first-order valence-corrected chi connectivity index (χ1v) is 9.33. The third kappa shape index (κ3) is 4.17. The van der Waals surface area contributed by atoms with Gasteiger partial charge >= 0.3 is 0 Å². The number of likely N-dealkylation sites (tertiary alicyclic amines) is 1. The van der Waals surface area contributed by atoms with Crippen molar-refractivity contribution in [3.8, 4) is 5.82 Å². The van der Waals surface area contributed by atoms with Gasteiger partial charge in [-0.1, -0.05) is 0 Å². The van der Waals surface area contributed by atoms with Crippen LogP contribution in [0.5, 0.6) is 0 Å². The molecule has 3 heterocycles.